The van der Waals surface area contributed by atoms with Gasteiger partial charge in [0, 0.05) is 5.70 Å². The maximum Gasteiger partial charge on any atom is 0.414 e. The zero-order valence-electron chi connectivity index (χ0n) is 6.09. The van der Waals surface area contributed by atoms with E-state index in [1.165, 1.54) is 0 Å². The number of carboxylic acid groups (broad SMARTS) is 1. The molecule has 0 aromatic carbocycles. The second kappa shape index (κ2) is 3.00. The predicted octanol–water partition coefficient (Wildman–Crippen LogP) is 1.34. The largest absolute Gasteiger partial charge is 0.465 e. The molecule has 0 bridgehead atoms. The molecule has 1 aliphatic heterocycles. The van der Waals surface area contributed by atoms with E-state index in [0.29, 0.717) is 5.16 Å². The molecule has 0 saturated heterocycles. The van der Waals surface area contributed by atoms with Crippen LogP contribution in [0.4, 0.5) is 4.79 Å². The third kappa shape index (κ3) is 1.40. The van der Waals surface area contributed by atoms with E-state index >= 15 is 0 Å². The first-order chi connectivity index (χ1) is 5.16. The maximum absolute atomic E-state index is 10.4. The third-order valence-corrected chi connectivity index (χ3v) is 1.95. The Labute approximate surface area is 69.4 Å². The van der Waals surface area contributed by atoms with Gasteiger partial charge < -0.3 is 10.4 Å². The van der Waals surface area contributed by atoms with Gasteiger partial charge in [0.05, 0.1) is 6.67 Å². The van der Waals surface area contributed by atoms with Gasteiger partial charge in [-0.1, -0.05) is 18.5 Å². The van der Waals surface area contributed by atoms with Crippen LogP contribution in [0.1, 0.15) is 13.3 Å². The fraction of sp³-hybridized carbons (Fsp3) is 0.500. The van der Waals surface area contributed by atoms with Gasteiger partial charge in [0.2, 0.25) is 0 Å². The summed E-state index contributed by atoms with van der Waals surface area (Å²) < 4.78 is 0. The quantitative estimate of drug-likeness (QED) is 0.593. The third-order valence-electron chi connectivity index (χ3n) is 1.52. The molecule has 0 radical (unpaired) electrons. The average Bonchev–Trinajstić information content (AvgIpc) is 2.30. The topological polar surface area (TPSA) is 52.6 Å². The van der Waals surface area contributed by atoms with Gasteiger partial charge in [-0.2, -0.15) is 0 Å². The van der Waals surface area contributed by atoms with Crippen molar-refractivity contribution in [1.29, 1.82) is 0 Å². The number of rotatable bonds is 1. The van der Waals surface area contributed by atoms with Crippen LogP contribution in [0.3, 0.4) is 0 Å². The molecule has 5 heteroatoms. The molecule has 0 saturated carbocycles. The number of nitrogens with zero attached hydrogens (tertiary/aromatic N) is 1. The van der Waals surface area contributed by atoms with Crippen molar-refractivity contribution in [2.75, 3.05) is 6.67 Å². The summed E-state index contributed by atoms with van der Waals surface area (Å²) in [7, 11) is 0. The summed E-state index contributed by atoms with van der Waals surface area (Å²) in [5, 5.41) is 11.7. The lowest BCUT2D eigenvalue weighted by Crippen LogP contribution is -2.27. The number of hydrogen-bond acceptors (Lipinski definition) is 2. The van der Waals surface area contributed by atoms with E-state index in [-0.39, 0.29) is 6.67 Å². The monoisotopic (exact) mass is 176 g/mol. The first kappa shape index (κ1) is 8.20. The number of hydrogen-bond donors (Lipinski definition) is 2. The first-order valence-electron chi connectivity index (χ1n) is 3.29. The number of amides is 1. The number of halogens is 1. The summed E-state index contributed by atoms with van der Waals surface area (Å²) in [5.74, 6) is 0. The summed E-state index contributed by atoms with van der Waals surface area (Å²) in [4.78, 5) is 11.5. The first-order valence-corrected chi connectivity index (χ1v) is 3.67. The van der Waals surface area contributed by atoms with E-state index in [1.54, 1.807) is 0 Å². The Hall–Kier alpha value is -0.900. The van der Waals surface area contributed by atoms with Crippen LogP contribution in [0.25, 0.3) is 0 Å². The molecular formula is C6H9ClN2O2. The van der Waals surface area contributed by atoms with Gasteiger partial charge in [-0.25, -0.2) is 9.69 Å². The molecule has 0 atom stereocenters. The lowest BCUT2D eigenvalue weighted by Gasteiger charge is -2.08. The van der Waals surface area contributed by atoms with Crippen LogP contribution < -0.4 is 5.32 Å². The number of carbonyl (C=O) groups is 1. The average molecular weight is 177 g/mol. The zero-order chi connectivity index (χ0) is 8.43. The molecular weight excluding hydrogens is 168 g/mol. The molecule has 0 unspecified atom stereocenters. The highest BCUT2D eigenvalue weighted by molar-refractivity contribution is 6.30. The van der Waals surface area contributed by atoms with Crippen molar-refractivity contribution in [2.45, 2.75) is 13.3 Å². The van der Waals surface area contributed by atoms with Crippen LogP contribution in [0.5, 0.6) is 0 Å². The van der Waals surface area contributed by atoms with Crippen molar-refractivity contribution in [1.82, 2.24) is 10.2 Å². The van der Waals surface area contributed by atoms with Gasteiger partial charge >= 0.3 is 6.09 Å². The molecule has 0 aromatic heterocycles. The molecule has 4 nitrogen and oxygen atoms in total. The highest BCUT2D eigenvalue weighted by atomic mass is 35.5. The molecule has 0 aliphatic carbocycles. The van der Waals surface area contributed by atoms with Gasteiger partial charge in [0.1, 0.15) is 5.16 Å². The molecule has 0 spiro atoms. The molecule has 0 fully saturated rings. The van der Waals surface area contributed by atoms with E-state index in [4.69, 9.17) is 16.7 Å². The van der Waals surface area contributed by atoms with Crippen LogP contribution in [0.2, 0.25) is 0 Å². The Kier molecular flexibility index (Phi) is 2.24. The SMILES string of the molecule is CCC1=C(Cl)N(C(=O)O)CN1. The predicted molar refractivity (Wildman–Crippen MR) is 41.0 cm³/mol. The highest BCUT2D eigenvalue weighted by Gasteiger charge is 2.23. The molecule has 62 valence electrons. The van der Waals surface area contributed by atoms with Gasteiger partial charge in [0.15, 0.2) is 0 Å². The molecule has 1 aliphatic rings. The minimum atomic E-state index is -1.02. The van der Waals surface area contributed by atoms with Crippen molar-refractivity contribution < 1.29 is 9.90 Å². The van der Waals surface area contributed by atoms with E-state index in [0.717, 1.165) is 17.0 Å². The standard InChI is InChI=1S/C6H9ClN2O2/c1-2-4-5(7)9(3-8-4)6(10)11/h8H,2-3H2,1H3,(H,10,11). The van der Waals surface area contributed by atoms with Crippen LogP contribution >= 0.6 is 11.6 Å². The summed E-state index contributed by atoms with van der Waals surface area (Å²) in [5.41, 5.74) is 0.786. The number of nitrogens with one attached hydrogen (secondary N) is 1. The fourth-order valence-electron chi connectivity index (χ4n) is 0.902. The minimum absolute atomic E-state index is 0.261. The number of allylic oxidation sites excluding steroid dienone is 1. The molecule has 2 N–H and O–H groups in total. The highest BCUT2D eigenvalue weighted by Crippen LogP contribution is 2.20. The second-order valence-corrected chi connectivity index (χ2v) is 2.53. The van der Waals surface area contributed by atoms with Gasteiger partial charge in [-0.05, 0) is 6.42 Å². The van der Waals surface area contributed by atoms with Gasteiger partial charge in [0.25, 0.3) is 0 Å². The minimum Gasteiger partial charge on any atom is -0.465 e. The van der Waals surface area contributed by atoms with E-state index in [2.05, 4.69) is 5.32 Å². The lowest BCUT2D eigenvalue weighted by molar-refractivity contribution is 0.163. The maximum atomic E-state index is 10.4. The van der Waals surface area contributed by atoms with Gasteiger partial charge in [-0.15, -0.1) is 0 Å². The Morgan fingerprint density at radius 3 is 2.82 bits per heavy atom. The van der Waals surface area contributed by atoms with Crippen molar-refractivity contribution in [3.63, 3.8) is 0 Å². The normalized spacial score (nSPS) is 17.1. The summed E-state index contributed by atoms with van der Waals surface area (Å²) in [6.45, 7) is 2.17. The molecule has 1 heterocycles. The van der Waals surface area contributed by atoms with Crippen molar-refractivity contribution >= 4 is 17.7 Å². The van der Waals surface area contributed by atoms with E-state index in [9.17, 15) is 4.79 Å². The van der Waals surface area contributed by atoms with Crippen LogP contribution in [-0.2, 0) is 0 Å². The van der Waals surface area contributed by atoms with E-state index < -0.39 is 6.09 Å². The molecule has 1 amide bonds. The molecule has 0 aromatic rings. The van der Waals surface area contributed by atoms with Crippen molar-refractivity contribution in [2.24, 2.45) is 0 Å². The summed E-state index contributed by atoms with van der Waals surface area (Å²) in [6.07, 6.45) is -0.297. The zero-order valence-corrected chi connectivity index (χ0v) is 6.85. The Balaban J connectivity index is 2.77. The summed E-state index contributed by atoms with van der Waals surface area (Å²) >= 11 is 5.70. The van der Waals surface area contributed by atoms with Crippen LogP contribution in [0.15, 0.2) is 10.9 Å². The molecule has 11 heavy (non-hydrogen) atoms. The van der Waals surface area contributed by atoms with Crippen LogP contribution in [0, 0.1) is 0 Å². The molecule has 1 rings (SSSR count). The van der Waals surface area contributed by atoms with Gasteiger partial charge in [-0.3, -0.25) is 0 Å². The van der Waals surface area contributed by atoms with Crippen molar-refractivity contribution in [3.8, 4) is 0 Å². The second-order valence-electron chi connectivity index (χ2n) is 2.17. The van der Waals surface area contributed by atoms with E-state index in [1.807, 2.05) is 6.92 Å². The van der Waals surface area contributed by atoms with Crippen molar-refractivity contribution in [3.05, 3.63) is 10.9 Å². The summed E-state index contributed by atoms with van der Waals surface area (Å²) in [6, 6.07) is 0. The Morgan fingerprint density at radius 1 is 1.91 bits per heavy atom. The fourth-order valence-corrected chi connectivity index (χ4v) is 1.23. The smallest absolute Gasteiger partial charge is 0.414 e. The Bertz CT molecular complexity index is 215. The Morgan fingerprint density at radius 2 is 2.55 bits per heavy atom. The van der Waals surface area contributed by atoms with Crippen LogP contribution in [-0.4, -0.2) is 22.8 Å². The lowest BCUT2D eigenvalue weighted by atomic mass is 10.4.